The van der Waals surface area contributed by atoms with Gasteiger partial charge in [0.25, 0.3) is 0 Å². The Kier molecular flexibility index (Phi) is 3.39. The summed E-state index contributed by atoms with van der Waals surface area (Å²) >= 11 is 0. The molecule has 0 amide bonds. The zero-order valence-electron chi connectivity index (χ0n) is 13.9. The van der Waals surface area contributed by atoms with Crippen LogP contribution in [-0.2, 0) is 11.2 Å². The summed E-state index contributed by atoms with van der Waals surface area (Å²) in [5, 5.41) is 8.30. The van der Waals surface area contributed by atoms with E-state index in [1.807, 2.05) is 29.7 Å². The van der Waals surface area contributed by atoms with Gasteiger partial charge in [0.1, 0.15) is 6.33 Å². The highest BCUT2D eigenvalue weighted by molar-refractivity contribution is 5.89. The molecule has 7 heteroatoms. The van der Waals surface area contributed by atoms with Crippen LogP contribution in [-0.4, -0.2) is 37.1 Å². The lowest BCUT2D eigenvalue weighted by molar-refractivity contribution is 0.0519. The molecule has 0 atom stereocenters. The van der Waals surface area contributed by atoms with Gasteiger partial charge in [0.05, 0.1) is 29.4 Å². The maximum absolute atomic E-state index is 12.3. The average molecular weight is 333 g/mol. The SMILES string of the molecule is C#Cc1nnn2c1Cc1c(C(=O)OCC)ncn1-c1ccc(C)cc1-2. The molecular formula is C18H15N5O2. The molecular weight excluding hydrogens is 318 g/mol. The first kappa shape index (κ1) is 15.1. The topological polar surface area (TPSA) is 74.8 Å². The van der Waals surface area contributed by atoms with Crippen LogP contribution in [0.4, 0.5) is 0 Å². The van der Waals surface area contributed by atoms with Crippen molar-refractivity contribution in [2.45, 2.75) is 20.3 Å². The van der Waals surface area contributed by atoms with Crippen LogP contribution >= 0.6 is 0 Å². The van der Waals surface area contributed by atoms with Gasteiger partial charge in [0, 0.05) is 6.42 Å². The third-order valence-corrected chi connectivity index (χ3v) is 4.19. The molecule has 0 saturated heterocycles. The van der Waals surface area contributed by atoms with Crippen molar-refractivity contribution in [3.63, 3.8) is 0 Å². The number of fused-ring (bicyclic) bond motifs is 5. The lowest BCUT2D eigenvalue weighted by atomic mass is 10.1. The quantitative estimate of drug-likeness (QED) is 0.413. The van der Waals surface area contributed by atoms with E-state index < -0.39 is 5.97 Å². The van der Waals surface area contributed by atoms with Gasteiger partial charge >= 0.3 is 5.97 Å². The van der Waals surface area contributed by atoms with E-state index in [-0.39, 0.29) is 12.3 Å². The number of aryl methyl sites for hydroxylation is 1. The highest BCUT2D eigenvalue weighted by atomic mass is 16.5. The van der Waals surface area contributed by atoms with E-state index in [1.165, 1.54) is 0 Å². The van der Waals surface area contributed by atoms with Gasteiger partial charge in [-0.25, -0.2) is 14.5 Å². The summed E-state index contributed by atoms with van der Waals surface area (Å²) in [6, 6.07) is 5.97. The van der Waals surface area contributed by atoms with E-state index in [1.54, 1.807) is 17.9 Å². The zero-order chi connectivity index (χ0) is 17.6. The van der Waals surface area contributed by atoms with Crippen LogP contribution in [0.2, 0.25) is 0 Å². The largest absolute Gasteiger partial charge is 0.461 e. The number of hydrogen-bond acceptors (Lipinski definition) is 5. The number of benzene rings is 1. The average Bonchev–Trinajstić information content (AvgIpc) is 3.17. The van der Waals surface area contributed by atoms with Crippen molar-refractivity contribution in [3.05, 3.63) is 52.9 Å². The number of esters is 1. The van der Waals surface area contributed by atoms with E-state index in [0.717, 1.165) is 22.6 Å². The van der Waals surface area contributed by atoms with Crippen molar-refractivity contribution in [1.29, 1.82) is 0 Å². The molecule has 1 aliphatic rings. The Bertz CT molecular complexity index is 1040. The summed E-state index contributed by atoms with van der Waals surface area (Å²) in [4.78, 5) is 16.6. The molecule has 7 nitrogen and oxygen atoms in total. The van der Waals surface area contributed by atoms with Gasteiger partial charge in [0.2, 0.25) is 0 Å². The molecule has 0 bridgehead atoms. The summed E-state index contributed by atoms with van der Waals surface area (Å²) in [5.74, 6) is 2.11. The normalized spacial score (nSPS) is 11.7. The monoisotopic (exact) mass is 333 g/mol. The van der Waals surface area contributed by atoms with Gasteiger partial charge in [-0.1, -0.05) is 11.3 Å². The molecule has 0 radical (unpaired) electrons. The van der Waals surface area contributed by atoms with Crippen LogP contribution < -0.4 is 0 Å². The summed E-state index contributed by atoms with van der Waals surface area (Å²) < 4.78 is 8.75. The summed E-state index contributed by atoms with van der Waals surface area (Å²) in [7, 11) is 0. The summed E-state index contributed by atoms with van der Waals surface area (Å²) in [5.41, 5.74) is 4.98. The first-order valence-electron chi connectivity index (χ1n) is 7.90. The van der Waals surface area contributed by atoms with Crippen LogP contribution in [0.25, 0.3) is 11.4 Å². The smallest absolute Gasteiger partial charge is 0.358 e. The molecule has 3 heterocycles. The Balaban J connectivity index is 2.02. The van der Waals surface area contributed by atoms with Gasteiger partial charge in [0.15, 0.2) is 11.4 Å². The molecule has 0 fully saturated rings. The minimum atomic E-state index is -0.451. The number of aromatic nitrogens is 5. The fourth-order valence-corrected chi connectivity index (χ4v) is 3.05. The molecule has 1 aliphatic heterocycles. The maximum Gasteiger partial charge on any atom is 0.358 e. The highest BCUT2D eigenvalue weighted by Crippen LogP contribution is 2.30. The van der Waals surface area contributed by atoms with Crippen molar-refractivity contribution >= 4 is 5.97 Å². The number of terminal acetylenes is 1. The standard InChI is InChI=1S/C18H15N5O2/c1-4-12-14-9-16-17(18(24)25-5-2)19-10-22(16)13-7-6-11(3)8-15(13)23(14)21-20-12/h1,6-8,10H,5,9H2,2-3H3. The van der Waals surface area contributed by atoms with E-state index in [9.17, 15) is 4.79 Å². The molecule has 0 N–H and O–H groups in total. The lowest BCUT2D eigenvalue weighted by Gasteiger charge is -2.10. The van der Waals surface area contributed by atoms with Crippen molar-refractivity contribution in [2.75, 3.05) is 6.61 Å². The summed E-state index contributed by atoms with van der Waals surface area (Å²) in [6.07, 6.45) is 7.59. The molecule has 124 valence electrons. The van der Waals surface area contributed by atoms with Crippen LogP contribution in [0.15, 0.2) is 24.5 Å². The highest BCUT2D eigenvalue weighted by Gasteiger charge is 2.28. The van der Waals surface area contributed by atoms with E-state index in [0.29, 0.717) is 17.8 Å². The van der Waals surface area contributed by atoms with E-state index >= 15 is 0 Å². The van der Waals surface area contributed by atoms with E-state index in [4.69, 9.17) is 11.2 Å². The van der Waals surface area contributed by atoms with Crippen LogP contribution in [0.5, 0.6) is 0 Å². The van der Waals surface area contributed by atoms with Gasteiger partial charge < -0.3 is 4.74 Å². The van der Waals surface area contributed by atoms with Crippen molar-refractivity contribution in [3.8, 4) is 23.7 Å². The van der Waals surface area contributed by atoms with Gasteiger partial charge in [-0.2, -0.15) is 0 Å². The van der Waals surface area contributed by atoms with Crippen LogP contribution in [0.1, 0.15) is 40.1 Å². The fraction of sp³-hybridized carbons (Fsp3) is 0.222. The number of rotatable bonds is 2. The lowest BCUT2D eigenvalue weighted by Crippen LogP contribution is -2.10. The molecule has 2 aromatic heterocycles. The number of nitrogens with zero attached hydrogens (tertiary/aromatic N) is 5. The predicted octanol–water partition coefficient (Wildman–Crippen LogP) is 1.82. The molecule has 4 rings (SSSR count). The van der Waals surface area contributed by atoms with Crippen molar-refractivity contribution in [2.24, 2.45) is 0 Å². The third-order valence-electron chi connectivity index (χ3n) is 4.19. The fourth-order valence-electron chi connectivity index (χ4n) is 3.05. The molecule has 3 aromatic rings. The molecule has 25 heavy (non-hydrogen) atoms. The van der Waals surface area contributed by atoms with Crippen molar-refractivity contribution in [1.82, 2.24) is 24.5 Å². The number of carbonyl (C=O) groups is 1. The molecule has 0 aliphatic carbocycles. The van der Waals surface area contributed by atoms with Crippen LogP contribution in [0.3, 0.4) is 0 Å². The van der Waals surface area contributed by atoms with Crippen LogP contribution in [0, 0.1) is 19.3 Å². The molecule has 0 spiro atoms. The molecule has 0 saturated carbocycles. The number of imidazole rings is 1. The van der Waals surface area contributed by atoms with Gasteiger partial charge in [-0.3, -0.25) is 4.57 Å². The Labute approximate surface area is 144 Å². The third kappa shape index (κ3) is 2.22. The Morgan fingerprint density at radius 1 is 1.36 bits per heavy atom. The molecule has 1 aromatic carbocycles. The maximum atomic E-state index is 12.3. The minimum absolute atomic E-state index is 0.283. The number of carbonyl (C=O) groups excluding carboxylic acids is 1. The first-order chi connectivity index (χ1) is 12.1. The Morgan fingerprint density at radius 2 is 2.20 bits per heavy atom. The van der Waals surface area contributed by atoms with Gasteiger partial charge in [-0.05, 0) is 37.5 Å². The second-order valence-electron chi connectivity index (χ2n) is 5.74. The number of hydrogen-bond donors (Lipinski definition) is 0. The number of ether oxygens (including phenoxy) is 1. The second-order valence-corrected chi connectivity index (χ2v) is 5.74. The zero-order valence-corrected chi connectivity index (χ0v) is 13.9. The Hall–Kier alpha value is -3.40. The second kappa shape index (κ2) is 5.60. The Morgan fingerprint density at radius 3 is 2.96 bits per heavy atom. The first-order valence-corrected chi connectivity index (χ1v) is 7.90. The van der Waals surface area contributed by atoms with Crippen molar-refractivity contribution < 1.29 is 9.53 Å². The molecule has 0 unspecified atom stereocenters. The summed E-state index contributed by atoms with van der Waals surface area (Å²) in [6.45, 7) is 4.05. The predicted molar refractivity (Wildman–Crippen MR) is 89.9 cm³/mol. The van der Waals surface area contributed by atoms with E-state index in [2.05, 4.69) is 21.2 Å². The van der Waals surface area contributed by atoms with Gasteiger partial charge in [-0.15, -0.1) is 11.5 Å². The minimum Gasteiger partial charge on any atom is -0.461 e.